The van der Waals surface area contributed by atoms with E-state index in [1.165, 1.54) is 0 Å². The van der Waals surface area contributed by atoms with Crippen LogP contribution < -0.4 is 15.4 Å². The lowest BCUT2D eigenvalue weighted by Gasteiger charge is -2.16. The fourth-order valence-corrected chi connectivity index (χ4v) is 2.66. The van der Waals surface area contributed by atoms with Crippen molar-refractivity contribution in [2.24, 2.45) is 0 Å². The van der Waals surface area contributed by atoms with Crippen LogP contribution in [0.1, 0.15) is 29.6 Å². The van der Waals surface area contributed by atoms with Gasteiger partial charge in [0.25, 0.3) is 5.91 Å². The van der Waals surface area contributed by atoms with E-state index < -0.39 is 0 Å². The van der Waals surface area contributed by atoms with E-state index in [4.69, 9.17) is 4.74 Å². The molecule has 1 fully saturated rings. The lowest BCUT2D eigenvalue weighted by molar-refractivity contribution is 0.0933. The summed E-state index contributed by atoms with van der Waals surface area (Å²) < 4.78 is 5.95. The van der Waals surface area contributed by atoms with Crippen LogP contribution in [0.5, 0.6) is 5.75 Å². The van der Waals surface area contributed by atoms with Crippen molar-refractivity contribution >= 4 is 21.8 Å². The Morgan fingerprint density at radius 3 is 3.05 bits per heavy atom. The van der Waals surface area contributed by atoms with E-state index in [1.54, 1.807) is 13.2 Å². The predicted molar refractivity (Wildman–Crippen MR) is 78.7 cm³/mol. The van der Waals surface area contributed by atoms with Gasteiger partial charge in [0.05, 0.1) is 12.7 Å². The minimum atomic E-state index is -0.0438. The molecular formula is C14H19BrN2O2. The molecule has 0 spiro atoms. The second-order valence-electron chi connectivity index (χ2n) is 4.70. The quantitative estimate of drug-likeness (QED) is 0.896. The van der Waals surface area contributed by atoms with Crippen molar-refractivity contribution < 1.29 is 9.53 Å². The molecule has 2 rings (SSSR count). The molecular weight excluding hydrogens is 308 g/mol. The highest BCUT2D eigenvalue weighted by Crippen LogP contribution is 2.22. The Balaban J connectivity index is 2.06. The molecule has 1 unspecified atom stereocenters. The molecule has 19 heavy (non-hydrogen) atoms. The van der Waals surface area contributed by atoms with Crippen molar-refractivity contribution in [2.75, 3.05) is 20.2 Å². The van der Waals surface area contributed by atoms with Crippen LogP contribution in [-0.4, -0.2) is 32.1 Å². The van der Waals surface area contributed by atoms with Crippen LogP contribution in [0, 0.1) is 0 Å². The van der Waals surface area contributed by atoms with Gasteiger partial charge in [0, 0.05) is 10.5 Å². The zero-order valence-electron chi connectivity index (χ0n) is 11.0. The molecule has 0 radical (unpaired) electrons. The molecule has 1 aliphatic rings. The minimum absolute atomic E-state index is 0.0438. The summed E-state index contributed by atoms with van der Waals surface area (Å²) in [7, 11) is 1.60. The fraction of sp³-hybridized carbons (Fsp3) is 0.500. The van der Waals surface area contributed by atoms with E-state index in [2.05, 4.69) is 26.6 Å². The van der Waals surface area contributed by atoms with Crippen LogP contribution in [0.2, 0.25) is 0 Å². The van der Waals surface area contributed by atoms with E-state index in [0.717, 1.165) is 36.8 Å². The van der Waals surface area contributed by atoms with Gasteiger partial charge in [-0.2, -0.15) is 0 Å². The first-order chi connectivity index (χ1) is 9.20. The number of rotatable bonds is 3. The number of hydrogen-bond donors (Lipinski definition) is 2. The standard InChI is InChI=1S/C14H19BrN2O2/c1-19-11-4-5-13(15)12(9-11)14(18)17-10-3-2-7-16-8-6-10/h4-5,9-10,16H,2-3,6-8H2,1H3,(H,17,18). The van der Waals surface area contributed by atoms with Gasteiger partial charge in [0.2, 0.25) is 0 Å². The highest BCUT2D eigenvalue weighted by atomic mass is 79.9. The first kappa shape index (κ1) is 14.3. The number of carbonyl (C=O) groups excluding carboxylic acids is 1. The Morgan fingerprint density at radius 2 is 2.26 bits per heavy atom. The Hall–Kier alpha value is -1.07. The van der Waals surface area contributed by atoms with Gasteiger partial charge in [0.1, 0.15) is 5.75 Å². The van der Waals surface area contributed by atoms with Gasteiger partial charge in [0.15, 0.2) is 0 Å². The molecule has 1 aromatic rings. The summed E-state index contributed by atoms with van der Waals surface area (Å²) in [6, 6.07) is 5.67. The third kappa shape index (κ3) is 3.94. The summed E-state index contributed by atoms with van der Waals surface area (Å²) in [6.45, 7) is 2.00. The van der Waals surface area contributed by atoms with Gasteiger partial charge in [-0.3, -0.25) is 4.79 Å². The number of methoxy groups -OCH3 is 1. The van der Waals surface area contributed by atoms with Crippen molar-refractivity contribution in [1.82, 2.24) is 10.6 Å². The number of halogens is 1. The molecule has 5 heteroatoms. The summed E-state index contributed by atoms with van der Waals surface area (Å²) >= 11 is 3.41. The maximum Gasteiger partial charge on any atom is 0.252 e. The highest BCUT2D eigenvalue weighted by Gasteiger charge is 2.17. The first-order valence-electron chi connectivity index (χ1n) is 6.56. The third-order valence-corrected chi connectivity index (χ3v) is 4.02. The zero-order valence-corrected chi connectivity index (χ0v) is 12.6. The Kier molecular flexibility index (Phi) is 5.22. The fourth-order valence-electron chi connectivity index (χ4n) is 2.23. The van der Waals surface area contributed by atoms with Crippen LogP contribution in [-0.2, 0) is 0 Å². The Bertz CT molecular complexity index is 443. The van der Waals surface area contributed by atoms with E-state index in [1.807, 2.05) is 12.1 Å². The molecule has 1 saturated heterocycles. The number of hydrogen-bond acceptors (Lipinski definition) is 3. The smallest absolute Gasteiger partial charge is 0.252 e. The molecule has 1 atom stereocenters. The number of ether oxygens (including phenoxy) is 1. The molecule has 0 aromatic heterocycles. The van der Waals surface area contributed by atoms with Gasteiger partial charge in [-0.1, -0.05) is 0 Å². The summed E-state index contributed by atoms with van der Waals surface area (Å²) in [4.78, 5) is 12.3. The largest absolute Gasteiger partial charge is 0.497 e. The average molecular weight is 327 g/mol. The first-order valence-corrected chi connectivity index (χ1v) is 7.35. The second-order valence-corrected chi connectivity index (χ2v) is 5.55. The molecule has 0 bridgehead atoms. The van der Waals surface area contributed by atoms with Gasteiger partial charge in [-0.15, -0.1) is 0 Å². The topological polar surface area (TPSA) is 50.4 Å². The molecule has 4 nitrogen and oxygen atoms in total. The molecule has 1 amide bonds. The molecule has 1 aromatic carbocycles. The minimum Gasteiger partial charge on any atom is -0.497 e. The zero-order chi connectivity index (χ0) is 13.7. The lowest BCUT2D eigenvalue weighted by atomic mass is 10.1. The van der Waals surface area contributed by atoms with E-state index in [0.29, 0.717) is 11.3 Å². The third-order valence-electron chi connectivity index (χ3n) is 3.33. The van der Waals surface area contributed by atoms with Crippen molar-refractivity contribution in [3.63, 3.8) is 0 Å². The molecule has 0 saturated carbocycles. The van der Waals surface area contributed by atoms with Crippen molar-refractivity contribution in [3.05, 3.63) is 28.2 Å². The SMILES string of the molecule is COc1ccc(Br)c(C(=O)NC2CCCNCC2)c1. The van der Waals surface area contributed by atoms with Crippen LogP contribution in [0.15, 0.2) is 22.7 Å². The number of carbonyl (C=O) groups is 1. The van der Waals surface area contributed by atoms with Crippen LogP contribution in [0.4, 0.5) is 0 Å². The number of nitrogens with one attached hydrogen (secondary N) is 2. The predicted octanol–water partition coefficient (Wildman–Crippen LogP) is 2.33. The van der Waals surface area contributed by atoms with Gasteiger partial charge in [-0.05, 0) is 66.5 Å². The second kappa shape index (κ2) is 6.91. The lowest BCUT2D eigenvalue weighted by Crippen LogP contribution is -2.35. The summed E-state index contributed by atoms with van der Waals surface area (Å²) in [5, 5.41) is 6.44. The van der Waals surface area contributed by atoms with Crippen LogP contribution in [0.25, 0.3) is 0 Å². The van der Waals surface area contributed by atoms with E-state index in [-0.39, 0.29) is 11.9 Å². The Morgan fingerprint density at radius 1 is 1.42 bits per heavy atom. The summed E-state index contributed by atoms with van der Waals surface area (Å²) in [6.07, 6.45) is 3.11. The average Bonchev–Trinajstić information content (AvgIpc) is 2.68. The molecule has 2 N–H and O–H groups in total. The maximum absolute atomic E-state index is 12.3. The van der Waals surface area contributed by atoms with Crippen LogP contribution >= 0.6 is 15.9 Å². The van der Waals surface area contributed by atoms with E-state index in [9.17, 15) is 4.79 Å². The molecule has 1 heterocycles. The van der Waals surface area contributed by atoms with Crippen molar-refractivity contribution in [2.45, 2.75) is 25.3 Å². The number of amides is 1. The van der Waals surface area contributed by atoms with Gasteiger partial charge in [-0.25, -0.2) is 0 Å². The maximum atomic E-state index is 12.3. The highest BCUT2D eigenvalue weighted by molar-refractivity contribution is 9.10. The number of benzene rings is 1. The summed E-state index contributed by atoms with van der Waals surface area (Å²) in [5.41, 5.74) is 0.622. The van der Waals surface area contributed by atoms with E-state index >= 15 is 0 Å². The Labute approximate surface area is 122 Å². The van der Waals surface area contributed by atoms with Gasteiger partial charge < -0.3 is 15.4 Å². The van der Waals surface area contributed by atoms with Crippen LogP contribution in [0.3, 0.4) is 0 Å². The normalized spacial score (nSPS) is 19.6. The van der Waals surface area contributed by atoms with Crippen molar-refractivity contribution in [3.8, 4) is 5.75 Å². The molecule has 104 valence electrons. The monoisotopic (exact) mass is 326 g/mol. The molecule has 1 aliphatic heterocycles. The van der Waals surface area contributed by atoms with Gasteiger partial charge >= 0.3 is 0 Å². The molecule has 0 aliphatic carbocycles. The summed E-state index contributed by atoms with van der Waals surface area (Å²) in [5.74, 6) is 0.647. The van der Waals surface area contributed by atoms with Crippen molar-refractivity contribution in [1.29, 1.82) is 0 Å².